The average Bonchev–Trinajstić information content (AvgIpc) is 2.68. The molecule has 0 aliphatic rings. The summed E-state index contributed by atoms with van der Waals surface area (Å²) in [7, 11) is 1.85. The fraction of sp³-hybridized carbons (Fsp3) is 0.545. The van der Waals surface area contributed by atoms with E-state index in [9.17, 15) is 4.79 Å². The molecule has 0 bridgehead atoms. The lowest BCUT2D eigenvalue weighted by molar-refractivity contribution is 0.0702. The summed E-state index contributed by atoms with van der Waals surface area (Å²) in [5, 5.41) is 11.0. The van der Waals surface area contributed by atoms with Crippen LogP contribution in [-0.2, 0) is 0 Å². The number of nitrogens with one attached hydrogen (secondary N) is 1. The minimum Gasteiger partial charge on any atom is -0.477 e. The lowest BCUT2D eigenvalue weighted by Crippen LogP contribution is -2.38. The minimum atomic E-state index is -0.925. The Morgan fingerprint density at radius 1 is 1.65 bits per heavy atom. The number of thiophene rings is 1. The van der Waals surface area contributed by atoms with Crippen molar-refractivity contribution in [2.45, 2.75) is 26.3 Å². The van der Waals surface area contributed by atoms with Gasteiger partial charge < -0.3 is 5.11 Å². The maximum Gasteiger partial charge on any atom is 0.345 e. The van der Waals surface area contributed by atoms with Crippen molar-refractivity contribution in [3.8, 4) is 0 Å². The fourth-order valence-corrected chi connectivity index (χ4v) is 3.07. The average molecular weight is 277 g/mol. The summed E-state index contributed by atoms with van der Waals surface area (Å²) >= 11 is 7.24. The molecule has 0 aromatic carbocycles. The first kappa shape index (κ1) is 14.4. The number of hydrogen-bond donors (Lipinski definition) is 2. The number of carbonyl (C=O) groups is 1. The Hall–Kier alpha value is -0.620. The molecule has 1 aromatic heterocycles. The number of carboxylic acids is 1. The van der Waals surface area contributed by atoms with E-state index in [1.54, 1.807) is 6.07 Å². The second kappa shape index (κ2) is 6.35. The van der Waals surface area contributed by atoms with Gasteiger partial charge in [0, 0.05) is 12.1 Å². The first-order valence-electron chi connectivity index (χ1n) is 5.51. The number of carboxylic acid groups (broad SMARTS) is 1. The number of hydrogen-bond acceptors (Lipinski definition) is 4. The number of hydrazine groups is 1. The molecular formula is C11H17ClN2O2S. The van der Waals surface area contributed by atoms with E-state index in [2.05, 4.69) is 12.3 Å². The predicted octanol–water partition coefficient (Wildman–Crippen LogP) is 3.01. The first-order valence-corrected chi connectivity index (χ1v) is 6.71. The smallest absolute Gasteiger partial charge is 0.345 e. The summed E-state index contributed by atoms with van der Waals surface area (Å²) in [4.78, 5) is 11.2. The van der Waals surface area contributed by atoms with Crippen LogP contribution in [0.3, 0.4) is 0 Å². The highest BCUT2D eigenvalue weighted by molar-refractivity contribution is 7.18. The van der Waals surface area contributed by atoms with Gasteiger partial charge in [-0.15, -0.1) is 11.3 Å². The molecule has 0 amide bonds. The van der Waals surface area contributed by atoms with Crippen LogP contribution in [0.1, 0.15) is 41.5 Å². The van der Waals surface area contributed by atoms with E-state index in [0.717, 1.165) is 29.9 Å². The van der Waals surface area contributed by atoms with Gasteiger partial charge in [-0.1, -0.05) is 25.4 Å². The van der Waals surface area contributed by atoms with Gasteiger partial charge in [0.05, 0.1) is 10.4 Å². The molecule has 1 unspecified atom stereocenters. The highest BCUT2D eigenvalue weighted by Crippen LogP contribution is 2.35. The first-order chi connectivity index (χ1) is 8.04. The summed E-state index contributed by atoms with van der Waals surface area (Å²) in [6.07, 6.45) is 0.865. The van der Waals surface area contributed by atoms with Gasteiger partial charge >= 0.3 is 5.97 Å². The molecule has 0 spiro atoms. The zero-order valence-electron chi connectivity index (χ0n) is 10.2. The lowest BCUT2D eigenvalue weighted by atomic mass is 10.1. The Labute approximate surface area is 110 Å². The van der Waals surface area contributed by atoms with Crippen LogP contribution in [0.2, 0.25) is 4.34 Å². The van der Waals surface area contributed by atoms with E-state index >= 15 is 0 Å². The largest absolute Gasteiger partial charge is 0.477 e. The number of aromatic carboxylic acids is 1. The van der Waals surface area contributed by atoms with E-state index < -0.39 is 5.97 Å². The van der Waals surface area contributed by atoms with Crippen molar-refractivity contribution in [3.63, 3.8) is 0 Å². The molecule has 4 nitrogen and oxygen atoms in total. The van der Waals surface area contributed by atoms with Crippen LogP contribution in [0.25, 0.3) is 0 Å². The van der Waals surface area contributed by atoms with Crippen molar-refractivity contribution in [2.24, 2.45) is 0 Å². The Morgan fingerprint density at radius 2 is 2.29 bits per heavy atom. The van der Waals surface area contributed by atoms with Crippen LogP contribution in [0, 0.1) is 0 Å². The molecule has 17 heavy (non-hydrogen) atoms. The highest BCUT2D eigenvalue weighted by atomic mass is 35.5. The van der Waals surface area contributed by atoms with Crippen molar-refractivity contribution in [1.29, 1.82) is 0 Å². The van der Waals surface area contributed by atoms with E-state index in [0.29, 0.717) is 4.34 Å². The number of rotatable bonds is 6. The van der Waals surface area contributed by atoms with Crippen molar-refractivity contribution >= 4 is 28.9 Å². The third-order valence-corrected chi connectivity index (χ3v) is 4.05. The Balaban J connectivity index is 3.07. The van der Waals surface area contributed by atoms with E-state index in [1.807, 2.05) is 19.0 Å². The Bertz CT molecular complexity index is 391. The molecule has 1 atom stereocenters. The molecule has 0 aliphatic heterocycles. The van der Waals surface area contributed by atoms with E-state index in [4.69, 9.17) is 16.7 Å². The maximum absolute atomic E-state index is 10.9. The van der Waals surface area contributed by atoms with Gasteiger partial charge in [0.25, 0.3) is 0 Å². The molecule has 1 rings (SSSR count). The molecule has 0 fully saturated rings. The summed E-state index contributed by atoms with van der Waals surface area (Å²) in [6, 6.07) is 1.77. The topological polar surface area (TPSA) is 52.6 Å². The van der Waals surface area contributed by atoms with Crippen LogP contribution < -0.4 is 5.43 Å². The summed E-state index contributed by atoms with van der Waals surface area (Å²) in [6.45, 7) is 4.92. The Kier molecular flexibility index (Phi) is 5.39. The quantitative estimate of drug-likeness (QED) is 0.784. The highest BCUT2D eigenvalue weighted by Gasteiger charge is 2.22. The van der Waals surface area contributed by atoms with E-state index in [1.165, 1.54) is 0 Å². The number of nitrogens with zero attached hydrogens (tertiary/aromatic N) is 1. The third kappa shape index (κ3) is 3.19. The fourth-order valence-electron chi connectivity index (χ4n) is 1.86. The van der Waals surface area contributed by atoms with Crippen LogP contribution in [0.15, 0.2) is 6.07 Å². The van der Waals surface area contributed by atoms with Crippen molar-refractivity contribution < 1.29 is 9.90 Å². The summed E-state index contributed by atoms with van der Waals surface area (Å²) < 4.78 is 0.558. The second-order valence-electron chi connectivity index (χ2n) is 3.58. The van der Waals surface area contributed by atoms with Gasteiger partial charge in [0.15, 0.2) is 0 Å². The third-order valence-electron chi connectivity index (χ3n) is 2.67. The van der Waals surface area contributed by atoms with Crippen molar-refractivity contribution in [3.05, 3.63) is 20.8 Å². The number of halogens is 1. The SMILES string of the molecule is CCC(c1cc(C(=O)O)sc1Cl)N(CC)NC. The summed E-state index contributed by atoms with van der Waals surface area (Å²) in [5.41, 5.74) is 3.98. The standard InChI is InChI=1S/C11H17ClN2O2S/c1-4-8(14(5-2)13-3)7-6-9(11(15)16)17-10(7)12/h6,8,13H,4-5H2,1-3H3,(H,15,16). The van der Waals surface area contributed by atoms with E-state index in [-0.39, 0.29) is 10.9 Å². The van der Waals surface area contributed by atoms with Gasteiger partial charge in [-0.3, -0.25) is 5.43 Å². The molecule has 6 heteroatoms. The van der Waals surface area contributed by atoms with Crippen LogP contribution >= 0.6 is 22.9 Å². The van der Waals surface area contributed by atoms with Gasteiger partial charge in [0.1, 0.15) is 4.88 Å². The monoisotopic (exact) mass is 276 g/mol. The minimum absolute atomic E-state index is 0.0989. The molecule has 96 valence electrons. The molecule has 1 heterocycles. The lowest BCUT2D eigenvalue weighted by Gasteiger charge is -2.28. The molecular weight excluding hydrogens is 260 g/mol. The van der Waals surface area contributed by atoms with Crippen molar-refractivity contribution in [2.75, 3.05) is 13.6 Å². The van der Waals surface area contributed by atoms with Gasteiger partial charge in [0.2, 0.25) is 0 Å². The molecule has 2 N–H and O–H groups in total. The normalized spacial score (nSPS) is 13.0. The van der Waals surface area contributed by atoms with Crippen molar-refractivity contribution in [1.82, 2.24) is 10.4 Å². The molecule has 0 saturated heterocycles. The van der Waals surface area contributed by atoms with Gasteiger partial charge in [-0.2, -0.15) is 0 Å². The molecule has 0 radical (unpaired) electrons. The summed E-state index contributed by atoms with van der Waals surface area (Å²) in [5.74, 6) is -0.925. The van der Waals surface area contributed by atoms with Gasteiger partial charge in [-0.05, 0) is 19.5 Å². The maximum atomic E-state index is 10.9. The van der Waals surface area contributed by atoms with Gasteiger partial charge in [-0.25, -0.2) is 9.80 Å². The molecule has 0 aliphatic carbocycles. The second-order valence-corrected chi connectivity index (χ2v) is 5.23. The molecule has 1 aromatic rings. The Morgan fingerprint density at radius 3 is 2.65 bits per heavy atom. The zero-order valence-corrected chi connectivity index (χ0v) is 11.7. The zero-order chi connectivity index (χ0) is 13.0. The van der Waals surface area contributed by atoms with Crippen LogP contribution in [0.5, 0.6) is 0 Å². The van der Waals surface area contributed by atoms with Crippen LogP contribution in [0.4, 0.5) is 0 Å². The predicted molar refractivity (Wildman–Crippen MR) is 70.8 cm³/mol. The van der Waals surface area contributed by atoms with Crippen LogP contribution in [-0.4, -0.2) is 29.7 Å². The molecule has 0 saturated carbocycles.